The second-order valence-electron chi connectivity index (χ2n) is 5.21. The van der Waals surface area contributed by atoms with Gasteiger partial charge in [0.15, 0.2) is 17.5 Å². The lowest BCUT2D eigenvalue weighted by atomic mass is 9.97. The zero-order chi connectivity index (χ0) is 15.1. The Kier molecular flexibility index (Phi) is 3.35. The van der Waals surface area contributed by atoms with Crippen LogP contribution in [-0.2, 0) is 4.74 Å². The fourth-order valence-electron chi connectivity index (χ4n) is 2.52. The molecule has 21 heavy (non-hydrogen) atoms. The van der Waals surface area contributed by atoms with E-state index < -0.39 is 28.7 Å². The summed E-state index contributed by atoms with van der Waals surface area (Å²) < 4.78 is 59.7. The number of hydrogen-bond acceptors (Lipinski definition) is 1. The lowest BCUT2D eigenvalue weighted by Crippen LogP contribution is -2.07. The molecule has 1 nitrogen and oxygen atoms in total. The number of benzene rings is 2. The van der Waals surface area contributed by atoms with Crippen LogP contribution in [0.3, 0.4) is 0 Å². The second kappa shape index (κ2) is 5.06. The van der Waals surface area contributed by atoms with Gasteiger partial charge in [-0.15, -0.1) is 0 Å². The molecule has 0 N–H and O–H groups in total. The SMILES string of the molecule is CC1=COC(c2cc(F)c3c(F)c(F)c(F)cc3c2)CC1. The molecule has 0 aliphatic carbocycles. The van der Waals surface area contributed by atoms with E-state index >= 15 is 0 Å². The predicted molar refractivity (Wildman–Crippen MR) is 70.6 cm³/mol. The summed E-state index contributed by atoms with van der Waals surface area (Å²) in [5.41, 5.74) is 1.56. The van der Waals surface area contributed by atoms with Gasteiger partial charge in [0.1, 0.15) is 11.9 Å². The van der Waals surface area contributed by atoms with Gasteiger partial charge in [0.05, 0.1) is 11.6 Å². The van der Waals surface area contributed by atoms with E-state index in [1.165, 1.54) is 6.07 Å². The molecule has 0 spiro atoms. The van der Waals surface area contributed by atoms with Gasteiger partial charge in [0, 0.05) is 0 Å². The van der Waals surface area contributed by atoms with E-state index in [4.69, 9.17) is 4.74 Å². The third-order valence-electron chi connectivity index (χ3n) is 3.65. The Morgan fingerprint density at radius 1 is 1.00 bits per heavy atom. The van der Waals surface area contributed by atoms with Crippen molar-refractivity contribution in [1.29, 1.82) is 0 Å². The zero-order valence-electron chi connectivity index (χ0n) is 11.2. The van der Waals surface area contributed by atoms with E-state index in [2.05, 4.69) is 0 Å². The van der Waals surface area contributed by atoms with Gasteiger partial charge >= 0.3 is 0 Å². The van der Waals surface area contributed by atoms with Crippen molar-refractivity contribution in [2.45, 2.75) is 25.9 Å². The minimum Gasteiger partial charge on any atom is -0.493 e. The maximum atomic E-state index is 14.1. The summed E-state index contributed by atoms with van der Waals surface area (Å²) in [7, 11) is 0. The number of ether oxygens (including phenoxy) is 1. The summed E-state index contributed by atoms with van der Waals surface area (Å²) in [5, 5.41) is -0.559. The van der Waals surface area contributed by atoms with Crippen LogP contribution in [0.25, 0.3) is 10.8 Å². The average Bonchev–Trinajstić information content (AvgIpc) is 2.45. The molecule has 0 bridgehead atoms. The molecular weight excluding hydrogens is 284 g/mol. The second-order valence-corrected chi connectivity index (χ2v) is 5.21. The minimum absolute atomic E-state index is 0.0173. The summed E-state index contributed by atoms with van der Waals surface area (Å²) in [6.45, 7) is 1.92. The fraction of sp³-hybridized carbons (Fsp3) is 0.250. The molecule has 110 valence electrons. The van der Waals surface area contributed by atoms with Crippen molar-refractivity contribution in [1.82, 2.24) is 0 Å². The molecule has 1 heterocycles. The number of hydrogen-bond donors (Lipinski definition) is 0. The van der Waals surface area contributed by atoms with Crippen LogP contribution in [0.5, 0.6) is 0 Å². The van der Waals surface area contributed by atoms with E-state index in [1.807, 2.05) is 6.92 Å². The van der Waals surface area contributed by atoms with Gasteiger partial charge in [0.25, 0.3) is 0 Å². The van der Waals surface area contributed by atoms with Gasteiger partial charge in [-0.25, -0.2) is 17.6 Å². The molecule has 0 fully saturated rings. The van der Waals surface area contributed by atoms with Crippen LogP contribution in [0.15, 0.2) is 30.0 Å². The maximum Gasteiger partial charge on any atom is 0.195 e. The van der Waals surface area contributed by atoms with E-state index in [0.29, 0.717) is 12.0 Å². The molecule has 1 atom stereocenters. The Hall–Kier alpha value is -2.04. The first kappa shape index (κ1) is 13.9. The van der Waals surface area contributed by atoms with Crippen LogP contribution in [-0.4, -0.2) is 0 Å². The van der Waals surface area contributed by atoms with E-state index in [1.54, 1.807) is 6.26 Å². The summed E-state index contributed by atoms with van der Waals surface area (Å²) in [6, 6.07) is 3.34. The fourth-order valence-corrected chi connectivity index (χ4v) is 2.52. The normalized spacial score (nSPS) is 18.5. The Morgan fingerprint density at radius 3 is 2.43 bits per heavy atom. The van der Waals surface area contributed by atoms with Crippen LogP contribution in [0.4, 0.5) is 17.6 Å². The van der Waals surface area contributed by atoms with Crippen LogP contribution in [0.2, 0.25) is 0 Å². The van der Waals surface area contributed by atoms with Crippen LogP contribution in [0.1, 0.15) is 31.4 Å². The Morgan fingerprint density at radius 2 is 1.76 bits per heavy atom. The first-order chi connectivity index (χ1) is 9.97. The Labute approximate surface area is 118 Å². The largest absolute Gasteiger partial charge is 0.493 e. The molecule has 0 aromatic heterocycles. The van der Waals surface area contributed by atoms with Gasteiger partial charge in [0.2, 0.25) is 0 Å². The highest BCUT2D eigenvalue weighted by Gasteiger charge is 2.21. The topological polar surface area (TPSA) is 9.23 Å². The van der Waals surface area contributed by atoms with Gasteiger partial charge in [-0.05, 0) is 54.5 Å². The third kappa shape index (κ3) is 2.37. The van der Waals surface area contributed by atoms with Gasteiger partial charge in [-0.3, -0.25) is 0 Å². The van der Waals surface area contributed by atoms with E-state index in [-0.39, 0.29) is 11.5 Å². The van der Waals surface area contributed by atoms with Crippen molar-refractivity contribution in [2.75, 3.05) is 0 Å². The number of rotatable bonds is 1. The maximum absolute atomic E-state index is 14.1. The summed E-state index contributed by atoms with van der Waals surface area (Å²) >= 11 is 0. The van der Waals surface area contributed by atoms with Gasteiger partial charge in [-0.2, -0.15) is 0 Å². The zero-order valence-corrected chi connectivity index (χ0v) is 11.2. The molecule has 2 aromatic rings. The molecule has 0 saturated heterocycles. The van der Waals surface area contributed by atoms with Crippen molar-refractivity contribution in [3.63, 3.8) is 0 Å². The first-order valence-corrected chi connectivity index (χ1v) is 6.55. The van der Waals surface area contributed by atoms with Gasteiger partial charge < -0.3 is 4.74 Å². The quantitative estimate of drug-likeness (QED) is 0.522. The summed E-state index contributed by atoms with van der Waals surface area (Å²) in [6.07, 6.45) is 2.68. The van der Waals surface area contributed by atoms with Crippen molar-refractivity contribution < 1.29 is 22.3 Å². The van der Waals surface area contributed by atoms with Crippen LogP contribution >= 0.6 is 0 Å². The van der Waals surface area contributed by atoms with Gasteiger partial charge in [-0.1, -0.05) is 0 Å². The van der Waals surface area contributed by atoms with Crippen molar-refractivity contribution in [3.8, 4) is 0 Å². The monoisotopic (exact) mass is 296 g/mol. The Bertz CT molecular complexity index is 752. The van der Waals surface area contributed by atoms with Crippen molar-refractivity contribution in [3.05, 3.63) is 58.9 Å². The molecule has 1 unspecified atom stereocenters. The van der Waals surface area contributed by atoms with E-state index in [0.717, 1.165) is 24.1 Å². The number of halogens is 4. The molecule has 0 radical (unpaired) electrons. The van der Waals surface area contributed by atoms with Crippen LogP contribution < -0.4 is 0 Å². The highest BCUT2D eigenvalue weighted by molar-refractivity contribution is 5.84. The molecule has 2 aromatic carbocycles. The molecular formula is C16H12F4O. The standard InChI is InChI=1S/C16H12F4O/c1-8-2-3-13(21-7-8)9-4-10-6-12(18)15(19)16(20)14(10)11(17)5-9/h4-7,13H,2-3H2,1H3. The molecule has 1 aliphatic heterocycles. The van der Waals surface area contributed by atoms with Crippen molar-refractivity contribution >= 4 is 10.8 Å². The molecule has 0 saturated carbocycles. The smallest absolute Gasteiger partial charge is 0.195 e. The molecule has 5 heteroatoms. The summed E-state index contributed by atoms with van der Waals surface area (Å²) in [4.78, 5) is 0. The molecule has 1 aliphatic rings. The third-order valence-corrected chi connectivity index (χ3v) is 3.65. The molecule has 0 amide bonds. The summed E-state index contributed by atoms with van der Waals surface area (Å²) in [5.74, 6) is -5.43. The lowest BCUT2D eigenvalue weighted by molar-refractivity contribution is 0.120. The van der Waals surface area contributed by atoms with E-state index in [9.17, 15) is 17.6 Å². The minimum atomic E-state index is -1.67. The first-order valence-electron chi connectivity index (χ1n) is 6.55. The number of allylic oxidation sites excluding steroid dienone is 1. The van der Waals surface area contributed by atoms with Crippen molar-refractivity contribution in [2.24, 2.45) is 0 Å². The number of fused-ring (bicyclic) bond motifs is 1. The molecule has 3 rings (SSSR count). The lowest BCUT2D eigenvalue weighted by Gasteiger charge is -2.22. The highest BCUT2D eigenvalue weighted by Crippen LogP contribution is 2.34. The highest BCUT2D eigenvalue weighted by atomic mass is 19.2. The Balaban J connectivity index is 2.13. The van der Waals surface area contributed by atoms with Crippen LogP contribution in [0, 0.1) is 23.3 Å². The average molecular weight is 296 g/mol. The predicted octanol–water partition coefficient (Wildman–Crippen LogP) is 5.15.